The Kier molecular flexibility index (Phi) is 4.44. The van der Waals surface area contributed by atoms with Crippen molar-refractivity contribution in [3.8, 4) is 16.9 Å². The maximum Gasteiger partial charge on any atom is 0.482 e. The van der Waals surface area contributed by atoms with E-state index in [9.17, 15) is 40.3 Å². The Morgan fingerprint density at radius 1 is 1.00 bits per heavy atom. The molecule has 0 unspecified atom stereocenters. The van der Waals surface area contributed by atoms with Gasteiger partial charge in [0, 0.05) is 17.7 Å². The molecule has 0 atom stereocenters. The summed E-state index contributed by atoms with van der Waals surface area (Å²) in [4.78, 5) is 22.6. The molecule has 0 fully saturated rings. The number of halogens is 7. The van der Waals surface area contributed by atoms with E-state index in [4.69, 9.17) is 5.11 Å². The van der Waals surface area contributed by atoms with Gasteiger partial charge in [-0.05, 0) is 6.07 Å². The van der Waals surface area contributed by atoms with Crippen molar-refractivity contribution in [2.75, 3.05) is 11.4 Å². The summed E-state index contributed by atoms with van der Waals surface area (Å²) in [5.74, 6) is -14.3. The lowest BCUT2D eigenvalue weighted by Crippen LogP contribution is -2.52. The van der Waals surface area contributed by atoms with Crippen molar-refractivity contribution in [3.63, 3.8) is 0 Å². The van der Waals surface area contributed by atoms with Crippen LogP contribution in [0.5, 0.6) is 5.75 Å². The zero-order chi connectivity index (χ0) is 21.0. The highest BCUT2D eigenvalue weighted by Gasteiger charge is 2.51. The molecule has 0 saturated heterocycles. The van der Waals surface area contributed by atoms with Crippen LogP contribution in [0.3, 0.4) is 0 Å². The van der Waals surface area contributed by atoms with Crippen molar-refractivity contribution < 1.29 is 50.2 Å². The molecule has 1 N–H and O–H groups in total. The van der Waals surface area contributed by atoms with Crippen LogP contribution in [0, 0.1) is 29.1 Å². The van der Waals surface area contributed by atoms with E-state index in [0.29, 0.717) is 6.07 Å². The lowest BCUT2D eigenvalue weighted by atomic mass is 10.0. The van der Waals surface area contributed by atoms with Gasteiger partial charge in [0.1, 0.15) is 12.4 Å². The number of hydrogen-bond acceptors (Lipinski definition) is 3. The molecule has 148 valence electrons. The van der Waals surface area contributed by atoms with Crippen LogP contribution in [0.1, 0.15) is 0 Å². The summed E-state index contributed by atoms with van der Waals surface area (Å²) < 4.78 is 100. The van der Waals surface area contributed by atoms with Gasteiger partial charge in [0.2, 0.25) is 0 Å². The largest absolute Gasteiger partial charge is 0.482 e. The summed E-state index contributed by atoms with van der Waals surface area (Å²) in [6.07, 6.45) is -4.54. The second-order valence-electron chi connectivity index (χ2n) is 5.55. The molecular formula is C16H6F7NO4. The SMILES string of the molecule is O=C(O)CN1C(=O)C(F)(F)Oc2cc(F)c(-c3c(F)c(F)cc(F)c3F)cc21. The summed E-state index contributed by atoms with van der Waals surface area (Å²) in [6, 6.07) is 0.428. The van der Waals surface area contributed by atoms with E-state index in [0.717, 1.165) is 0 Å². The van der Waals surface area contributed by atoms with E-state index in [2.05, 4.69) is 4.74 Å². The Labute approximate surface area is 150 Å². The monoisotopic (exact) mass is 409 g/mol. The number of rotatable bonds is 3. The second-order valence-corrected chi connectivity index (χ2v) is 5.55. The predicted molar refractivity (Wildman–Crippen MR) is 77.2 cm³/mol. The number of amides is 1. The molecule has 1 aliphatic rings. The topological polar surface area (TPSA) is 66.8 Å². The molecule has 2 aromatic rings. The normalized spacial score (nSPS) is 15.2. The van der Waals surface area contributed by atoms with E-state index in [1.165, 1.54) is 0 Å². The van der Waals surface area contributed by atoms with Crippen LogP contribution in [-0.4, -0.2) is 29.6 Å². The van der Waals surface area contributed by atoms with Crippen molar-refractivity contribution >= 4 is 17.6 Å². The molecule has 2 aromatic carbocycles. The molecule has 12 heteroatoms. The Morgan fingerprint density at radius 2 is 1.57 bits per heavy atom. The fourth-order valence-electron chi connectivity index (χ4n) is 2.58. The first-order chi connectivity index (χ1) is 12.9. The van der Waals surface area contributed by atoms with E-state index < -0.39 is 76.2 Å². The number of anilines is 1. The van der Waals surface area contributed by atoms with Gasteiger partial charge in [-0.3, -0.25) is 14.5 Å². The number of hydrogen-bond donors (Lipinski definition) is 1. The van der Waals surface area contributed by atoms with Crippen LogP contribution < -0.4 is 9.64 Å². The van der Waals surface area contributed by atoms with Crippen molar-refractivity contribution in [2.24, 2.45) is 0 Å². The molecule has 1 amide bonds. The van der Waals surface area contributed by atoms with Crippen molar-refractivity contribution in [2.45, 2.75) is 6.11 Å². The number of aliphatic carboxylic acids is 1. The number of ether oxygens (including phenoxy) is 1. The van der Waals surface area contributed by atoms with Crippen molar-refractivity contribution in [3.05, 3.63) is 47.3 Å². The lowest BCUT2D eigenvalue weighted by molar-refractivity contribution is -0.193. The number of carboxylic acids is 1. The first-order valence-electron chi connectivity index (χ1n) is 7.21. The molecule has 28 heavy (non-hydrogen) atoms. The minimum Gasteiger partial charge on any atom is -0.480 e. The van der Waals surface area contributed by atoms with Crippen LogP contribution in [0.15, 0.2) is 18.2 Å². The summed E-state index contributed by atoms with van der Waals surface area (Å²) in [7, 11) is 0. The first kappa shape index (κ1) is 19.5. The third-order valence-electron chi connectivity index (χ3n) is 3.75. The third kappa shape index (κ3) is 3.00. The smallest absolute Gasteiger partial charge is 0.480 e. The summed E-state index contributed by atoms with van der Waals surface area (Å²) >= 11 is 0. The van der Waals surface area contributed by atoms with Gasteiger partial charge in [-0.2, -0.15) is 8.78 Å². The van der Waals surface area contributed by atoms with Gasteiger partial charge >= 0.3 is 18.0 Å². The Bertz CT molecular complexity index is 999. The highest BCUT2D eigenvalue weighted by Crippen LogP contribution is 2.44. The van der Waals surface area contributed by atoms with Crippen molar-refractivity contribution in [1.29, 1.82) is 0 Å². The molecule has 1 heterocycles. The molecule has 0 saturated carbocycles. The van der Waals surface area contributed by atoms with Crippen LogP contribution in [-0.2, 0) is 9.59 Å². The van der Waals surface area contributed by atoms with Gasteiger partial charge in [0.05, 0.1) is 11.3 Å². The molecule has 3 rings (SSSR count). The molecule has 0 radical (unpaired) electrons. The number of carbonyl (C=O) groups excluding carboxylic acids is 1. The van der Waals surface area contributed by atoms with E-state index >= 15 is 0 Å². The quantitative estimate of drug-likeness (QED) is 0.623. The van der Waals surface area contributed by atoms with Gasteiger partial charge in [-0.1, -0.05) is 0 Å². The highest BCUT2D eigenvalue weighted by atomic mass is 19.3. The van der Waals surface area contributed by atoms with E-state index in [-0.39, 0.29) is 17.0 Å². The number of carbonyl (C=O) groups is 2. The van der Waals surface area contributed by atoms with Gasteiger partial charge < -0.3 is 9.84 Å². The molecular weight excluding hydrogens is 403 g/mol. The maximum atomic E-state index is 14.3. The van der Waals surface area contributed by atoms with Crippen LogP contribution >= 0.6 is 0 Å². The van der Waals surface area contributed by atoms with Gasteiger partial charge in [0.25, 0.3) is 0 Å². The van der Waals surface area contributed by atoms with Crippen LogP contribution in [0.25, 0.3) is 11.1 Å². The number of alkyl halides is 2. The molecule has 1 aliphatic heterocycles. The molecule has 0 aliphatic carbocycles. The Hall–Kier alpha value is -3.31. The number of fused-ring (bicyclic) bond motifs is 1. The van der Waals surface area contributed by atoms with Gasteiger partial charge in [-0.25, -0.2) is 22.0 Å². The lowest BCUT2D eigenvalue weighted by Gasteiger charge is -2.33. The minimum atomic E-state index is -4.54. The average Bonchev–Trinajstić information content (AvgIpc) is 2.58. The minimum absolute atomic E-state index is 0.0322. The zero-order valence-electron chi connectivity index (χ0n) is 13.2. The third-order valence-corrected chi connectivity index (χ3v) is 3.75. The molecule has 0 spiro atoms. The maximum absolute atomic E-state index is 14.3. The summed E-state index contributed by atoms with van der Waals surface area (Å²) in [6.45, 7) is -1.33. The standard InChI is InChI=1S/C16H6F7NO4/c17-6-3-10-9(24(4-11(25)26)15(27)16(22,23)28-10)1-5(6)12-13(20)7(18)2-8(19)14(12)21/h1-3H,4H2,(H,25,26). The summed E-state index contributed by atoms with van der Waals surface area (Å²) in [5.41, 5.74) is -3.46. The average molecular weight is 409 g/mol. The fourth-order valence-corrected chi connectivity index (χ4v) is 2.58. The number of benzene rings is 2. The summed E-state index contributed by atoms with van der Waals surface area (Å²) in [5, 5.41) is 8.81. The second kappa shape index (κ2) is 6.39. The van der Waals surface area contributed by atoms with Crippen LogP contribution in [0.4, 0.5) is 36.4 Å². The van der Waals surface area contributed by atoms with Gasteiger partial charge in [-0.15, -0.1) is 0 Å². The van der Waals surface area contributed by atoms with Crippen molar-refractivity contribution in [1.82, 2.24) is 0 Å². The Morgan fingerprint density at radius 3 is 2.11 bits per heavy atom. The van der Waals surface area contributed by atoms with Gasteiger partial charge in [0.15, 0.2) is 29.0 Å². The molecule has 0 bridgehead atoms. The Balaban J connectivity index is 2.29. The molecule has 0 aromatic heterocycles. The highest BCUT2D eigenvalue weighted by molar-refractivity contribution is 6.04. The number of carboxylic acid groups (broad SMARTS) is 1. The fraction of sp³-hybridized carbons (Fsp3) is 0.125. The molecule has 5 nitrogen and oxygen atoms in total. The van der Waals surface area contributed by atoms with E-state index in [1.54, 1.807) is 0 Å². The number of nitrogens with zero attached hydrogens (tertiary/aromatic N) is 1. The predicted octanol–water partition coefficient (Wildman–Crippen LogP) is 3.45. The van der Waals surface area contributed by atoms with E-state index in [1.807, 2.05) is 0 Å². The van der Waals surface area contributed by atoms with Crippen LogP contribution in [0.2, 0.25) is 0 Å². The first-order valence-corrected chi connectivity index (χ1v) is 7.21. The zero-order valence-corrected chi connectivity index (χ0v) is 13.2.